The fourth-order valence-electron chi connectivity index (χ4n) is 3.10. The van der Waals surface area contributed by atoms with Crippen molar-refractivity contribution >= 4 is 34.3 Å². The minimum absolute atomic E-state index is 0.0322. The summed E-state index contributed by atoms with van der Waals surface area (Å²) in [4.78, 5) is 42.1. The molecule has 1 N–H and O–H groups in total. The molecular formula is C20H14FN3O3. The quantitative estimate of drug-likeness (QED) is 0.723. The number of rotatable bonds is 4. The molecule has 1 aromatic heterocycles. The Bertz CT molecular complexity index is 1060. The second-order valence-corrected chi connectivity index (χ2v) is 6.13. The number of anilines is 1. The van der Waals surface area contributed by atoms with Crippen LogP contribution < -0.4 is 5.32 Å². The molecule has 0 fully saturated rings. The summed E-state index contributed by atoms with van der Waals surface area (Å²) in [5.41, 5.74) is 1.67. The second-order valence-electron chi connectivity index (χ2n) is 6.13. The van der Waals surface area contributed by atoms with Crippen LogP contribution in [0.1, 0.15) is 27.1 Å². The predicted octanol–water partition coefficient (Wildman–Crippen LogP) is 3.00. The summed E-state index contributed by atoms with van der Waals surface area (Å²) >= 11 is 0. The number of fused-ring (bicyclic) bond motifs is 2. The van der Waals surface area contributed by atoms with Crippen molar-refractivity contribution in [1.82, 2.24) is 9.88 Å². The first kappa shape index (κ1) is 16.8. The second kappa shape index (κ2) is 6.60. The van der Waals surface area contributed by atoms with Crippen molar-refractivity contribution in [3.8, 4) is 0 Å². The van der Waals surface area contributed by atoms with Crippen LogP contribution in [0.15, 0.2) is 54.7 Å². The van der Waals surface area contributed by atoms with Gasteiger partial charge in [-0.15, -0.1) is 0 Å². The highest BCUT2D eigenvalue weighted by molar-refractivity contribution is 6.21. The zero-order valence-corrected chi connectivity index (χ0v) is 14.1. The standard InChI is InChI=1S/C20H14FN3O3/c21-12-5-6-16-15(11-12)17(7-9-22-16)23-18(25)8-10-24-19(26)13-3-1-2-4-14(13)20(24)27/h1-7,9,11H,8,10H2,(H,22,23,25). The third-order valence-corrected chi connectivity index (χ3v) is 4.42. The van der Waals surface area contributed by atoms with Crippen LogP contribution in [-0.2, 0) is 4.79 Å². The monoisotopic (exact) mass is 363 g/mol. The molecule has 3 aromatic rings. The number of hydrogen-bond acceptors (Lipinski definition) is 4. The van der Waals surface area contributed by atoms with E-state index >= 15 is 0 Å². The van der Waals surface area contributed by atoms with Crippen molar-refractivity contribution in [2.24, 2.45) is 0 Å². The van der Waals surface area contributed by atoms with Crippen LogP contribution in [0.5, 0.6) is 0 Å². The van der Waals surface area contributed by atoms with E-state index in [1.807, 2.05) is 0 Å². The minimum Gasteiger partial charge on any atom is -0.325 e. The van der Waals surface area contributed by atoms with Gasteiger partial charge in [0.15, 0.2) is 0 Å². The molecule has 0 bridgehead atoms. The maximum Gasteiger partial charge on any atom is 0.261 e. The Balaban J connectivity index is 1.46. The van der Waals surface area contributed by atoms with Gasteiger partial charge in [-0.25, -0.2) is 4.39 Å². The Morgan fingerprint density at radius 3 is 2.44 bits per heavy atom. The highest BCUT2D eigenvalue weighted by Gasteiger charge is 2.34. The third-order valence-electron chi connectivity index (χ3n) is 4.42. The molecule has 2 aromatic carbocycles. The molecule has 7 heteroatoms. The van der Waals surface area contributed by atoms with Crippen LogP contribution in [0.25, 0.3) is 10.9 Å². The molecule has 4 rings (SSSR count). The van der Waals surface area contributed by atoms with E-state index < -0.39 is 17.6 Å². The van der Waals surface area contributed by atoms with Gasteiger partial charge in [-0.2, -0.15) is 0 Å². The topological polar surface area (TPSA) is 79.4 Å². The zero-order chi connectivity index (χ0) is 19.0. The third kappa shape index (κ3) is 3.03. The molecular weight excluding hydrogens is 349 g/mol. The summed E-state index contributed by atoms with van der Waals surface area (Å²) in [5.74, 6) is -1.62. The molecule has 0 aliphatic carbocycles. The molecule has 27 heavy (non-hydrogen) atoms. The van der Waals surface area contributed by atoms with Gasteiger partial charge < -0.3 is 5.32 Å². The van der Waals surface area contributed by atoms with Gasteiger partial charge in [-0.1, -0.05) is 12.1 Å². The number of benzene rings is 2. The Labute approximate surface area is 153 Å². The number of pyridine rings is 1. The molecule has 134 valence electrons. The Hall–Kier alpha value is -3.61. The predicted molar refractivity (Wildman–Crippen MR) is 96.8 cm³/mol. The Morgan fingerprint density at radius 1 is 1.04 bits per heavy atom. The molecule has 2 heterocycles. The van der Waals surface area contributed by atoms with E-state index in [9.17, 15) is 18.8 Å². The van der Waals surface area contributed by atoms with Gasteiger partial charge in [-0.05, 0) is 36.4 Å². The van der Waals surface area contributed by atoms with Gasteiger partial charge in [0.2, 0.25) is 5.91 Å². The minimum atomic E-state index is -0.433. The number of carbonyl (C=O) groups excluding carboxylic acids is 3. The fraction of sp³-hybridized carbons (Fsp3) is 0.100. The fourth-order valence-corrected chi connectivity index (χ4v) is 3.10. The van der Waals surface area contributed by atoms with Crippen molar-refractivity contribution < 1.29 is 18.8 Å². The molecule has 0 atom stereocenters. The summed E-state index contributed by atoms with van der Waals surface area (Å²) < 4.78 is 13.5. The summed E-state index contributed by atoms with van der Waals surface area (Å²) in [5, 5.41) is 3.17. The Morgan fingerprint density at radius 2 is 1.74 bits per heavy atom. The zero-order valence-electron chi connectivity index (χ0n) is 14.1. The number of nitrogens with one attached hydrogen (secondary N) is 1. The Kier molecular flexibility index (Phi) is 4.12. The smallest absolute Gasteiger partial charge is 0.261 e. The number of amides is 3. The van der Waals surface area contributed by atoms with Crippen molar-refractivity contribution in [2.75, 3.05) is 11.9 Å². The molecule has 1 aliphatic heterocycles. The van der Waals surface area contributed by atoms with Crippen molar-refractivity contribution in [1.29, 1.82) is 0 Å². The first-order valence-corrected chi connectivity index (χ1v) is 8.34. The van der Waals surface area contributed by atoms with Gasteiger partial charge in [0.1, 0.15) is 5.82 Å². The largest absolute Gasteiger partial charge is 0.325 e. The van der Waals surface area contributed by atoms with Crippen LogP contribution in [0.2, 0.25) is 0 Å². The highest BCUT2D eigenvalue weighted by atomic mass is 19.1. The first-order chi connectivity index (χ1) is 13.0. The van der Waals surface area contributed by atoms with E-state index in [1.54, 1.807) is 30.3 Å². The summed E-state index contributed by atoms with van der Waals surface area (Å²) in [6, 6.07) is 12.2. The first-order valence-electron chi connectivity index (χ1n) is 8.34. The van der Waals surface area contributed by atoms with E-state index in [4.69, 9.17) is 0 Å². The molecule has 0 spiro atoms. The lowest BCUT2D eigenvalue weighted by Crippen LogP contribution is -2.32. The molecule has 1 aliphatic rings. The lowest BCUT2D eigenvalue weighted by Gasteiger charge is -2.14. The molecule has 0 unspecified atom stereocenters. The molecule has 0 radical (unpaired) electrons. The van der Waals surface area contributed by atoms with Crippen molar-refractivity contribution in [2.45, 2.75) is 6.42 Å². The van der Waals surface area contributed by atoms with Crippen LogP contribution >= 0.6 is 0 Å². The van der Waals surface area contributed by atoms with Crippen molar-refractivity contribution in [3.05, 3.63) is 71.7 Å². The van der Waals surface area contributed by atoms with Crippen LogP contribution in [0, 0.1) is 5.82 Å². The van der Waals surface area contributed by atoms with E-state index in [0.717, 1.165) is 4.90 Å². The van der Waals surface area contributed by atoms with E-state index in [1.165, 1.54) is 24.4 Å². The lowest BCUT2D eigenvalue weighted by molar-refractivity contribution is -0.116. The maximum absolute atomic E-state index is 13.5. The molecule has 6 nitrogen and oxygen atoms in total. The van der Waals surface area contributed by atoms with E-state index in [2.05, 4.69) is 10.3 Å². The van der Waals surface area contributed by atoms with Gasteiger partial charge >= 0.3 is 0 Å². The summed E-state index contributed by atoms with van der Waals surface area (Å²) in [6.45, 7) is -0.0322. The van der Waals surface area contributed by atoms with E-state index in [0.29, 0.717) is 27.7 Å². The summed E-state index contributed by atoms with van der Waals surface area (Å²) in [6.07, 6.45) is 1.45. The summed E-state index contributed by atoms with van der Waals surface area (Å²) in [7, 11) is 0. The molecule has 0 saturated carbocycles. The van der Waals surface area contributed by atoms with Gasteiger partial charge in [0.25, 0.3) is 11.8 Å². The number of carbonyl (C=O) groups is 3. The number of nitrogens with zero attached hydrogens (tertiary/aromatic N) is 2. The average molecular weight is 363 g/mol. The van der Waals surface area contributed by atoms with Crippen LogP contribution in [0.4, 0.5) is 10.1 Å². The van der Waals surface area contributed by atoms with Crippen LogP contribution in [-0.4, -0.2) is 34.2 Å². The van der Waals surface area contributed by atoms with Crippen LogP contribution in [0.3, 0.4) is 0 Å². The highest BCUT2D eigenvalue weighted by Crippen LogP contribution is 2.24. The molecule has 3 amide bonds. The lowest BCUT2D eigenvalue weighted by atomic mass is 10.1. The normalized spacial score (nSPS) is 13.1. The number of halogens is 1. The van der Waals surface area contributed by atoms with Gasteiger partial charge in [0, 0.05) is 24.5 Å². The van der Waals surface area contributed by atoms with Gasteiger partial charge in [0.05, 0.1) is 22.3 Å². The molecule has 0 saturated heterocycles. The maximum atomic E-state index is 13.5. The number of imide groups is 1. The average Bonchev–Trinajstić information content (AvgIpc) is 2.91. The van der Waals surface area contributed by atoms with Gasteiger partial charge in [-0.3, -0.25) is 24.3 Å². The van der Waals surface area contributed by atoms with Crippen molar-refractivity contribution in [3.63, 3.8) is 0 Å². The number of aromatic nitrogens is 1. The van der Waals surface area contributed by atoms with E-state index in [-0.39, 0.29) is 18.9 Å². The SMILES string of the molecule is O=C(CCN1C(=O)c2ccccc2C1=O)Nc1ccnc2ccc(F)cc12. The number of hydrogen-bond donors (Lipinski definition) is 1.